The number of para-hydroxylation sites is 2. The van der Waals surface area contributed by atoms with Crippen LogP contribution in [-0.4, -0.2) is 59.5 Å². The van der Waals surface area contributed by atoms with Gasteiger partial charge in [-0.3, -0.25) is 9.59 Å². The summed E-state index contributed by atoms with van der Waals surface area (Å²) < 4.78 is 5.46. The van der Waals surface area contributed by atoms with Crippen molar-refractivity contribution in [1.82, 2.24) is 9.80 Å². The van der Waals surface area contributed by atoms with E-state index in [9.17, 15) is 14.7 Å². The van der Waals surface area contributed by atoms with Gasteiger partial charge in [-0.2, -0.15) is 0 Å². The summed E-state index contributed by atoms with van der Waals surface area (Å²) in [7, 11) is 0. The SMILES string of the molecule is Cc1ccc(C(=O)N2CCN(C(=O)CCOc3ccccc3O)CC2)cc1. The number of ether oxygens (including phenoxy) is 1. The molecule has 0 unspecified atom stereocenters. The zero-order valence-corrected chi connectivity index (χ0v) is 15.4. The van der Waals surface area contributed by atoms with Crippen molar-refractivity contribution in [2.75, 3.05) is 32.8 Å². The molecule has 1 aliphatic heterocycles. The third kappa shape index (κ3) is 4.78. The number of rotatable bonds is 5. The summed E-state index contributed by atoms with van der Waals surface area (Å²) in [5.74, 6) is 0.435. The number of phenolic OH excluding ortho intramolecular Hbond substituents is 1. The maximum absolute atomic E-state index is 12.5. The lowest BCUT2D eigenvalue weighted by Crippen LogP contribution is -2.50. The summed E-state index contributed by atoms with van der Waals surface area (Å²) in [6.45, 7) is 4.29. The van der Waals surface area contributed by atoms with Crippen molar-refractivity contribution in [2.45, 2.75) is 13.3 Å². The monoisotopic (exact) mass is 368 g/mol. The van der Waals surface area contributed by atoms with Crippen LogP contribution in [-0.2, 0) is 4.79 Å². The summed E-state index contributed by atoms with van der Waals surface area (Å²) in [6.07, 6.45) is 0.236. The molecule has 6 heteroatoms. The normalized spacial score (nSPS) is 14.1. The van der Waals surface area contributed by atoms with Crippen molar-refractivity contribution >= 4 is 11.8 Å². The van der Waals surface area contributed by atoms with E-state index in [1.54, 1.807) is 34.1 Å². The molecule has 1 N–H and O–H groups in total. The Kier molecular flexibility index (Phi) is 5.96. The number of phenols is 1. The van der Waals surface area contributed by atoms with Crippen LogP contribution in [0.5, 0.6) is 11.5 Å². The number of piperazine rings is 1. The number of nitrogens with zero attached hydrogens (tertiary/aromatic N) is 2. The molecule has 0 radical (unpaired) electrons. The van der Waals surface area contributed by atoms with Crippen LogP contribution in [0.3, 0.4) is 0 Å². The number of benzene rings is 2. The lowest BCUT2D eigenvalue weighted by Gasteiger charge is -2.35. The van der Waals surface area contributed by atoms with E-state index in [-0.39, 0.29) is 30.6 Å². The average Bonchev–Trinajstić information content (AvgIpc) is 2.69. The van der Waals surface area contributed by atoms with Crippen LogP contribution in [0.1, 0.15) is 22.3 Å². The third-order valence-electron chi connectivity index (χ3n) is 4.66. The Morgan fingerprint density at radius 2 is 1.59 bits per heavy atom. The molecule has 6 nitrogen and oxygen atoms in total. The maximum atomic E-state index is 12.5. The second kappa shape index (κ2) is 8.58. The van der Waals surface area contributed by atoms with Crippen molar-refractivity contribution in [3.8, 4) is 11.5 Å². The van der Waals surface area contributed by atoms with E-state index in [0.29, 0.717) is 37.5 Å². The predicted molar refractivity (Wildman–Crippen MR) is 102 cm³/mol. The average molecular weight is 368 g/mol. The molecular weight excluding hydrogens is 344 g/mol. The Bertz CT molecular complexity index is 796. The Labute approximate surface area is 159 Å². The summed E-state index contributed by atoms with van der Waals surface area (Å²) in [5, 5.41) is 9.66. The first-order valence-corrected chi connectivity index (χ1v) is 9.09. The van der Waals surface area contributed by atoms with Gasteiger partial charge in [0.05, 0.1) is 13.0 Å². The minimum absolute atomic E-state index is 0.00462. The van der Waals surface area contributed by atoms with E-state index < -0.39 is 0 Å². The molecule has 1 fully saturated rings. The lowest BCUT2D eigenvalue weighted by molar-refractivity contribution is -0.133. The van der Waals surface area contributed by atoms with Crippen molar-refractivity contribution < 1.29 is 19.4 Å². The highest BCUT2D eigenvalue weighted by atomic mass is 16.5. The number of carbonyl (C=O) groups excluding carboxylic acids is 2. The summed E-state index contributed by atoms with van der Waals surface area (Å²) in [6, 6.07) is 14.2. The summed E-state index contributed by atoms with van der Waals surface area (Å²) in [5.41, 5.74) is 1.80. The van der Waals surface area contributed by atoms with Crippen molar-refractivity contribution in [2.24, 2.45) is 0 Å². The minimum Gasteiger partial charge on any atom is -0.504 e. The number of aromatic hydroxyl groups is 1. The van der Waals surface area contributed by atoms with Crippen LogP contribution in [0, 0.1) is 6.92 Å². The molecule has 1 heterocycles. The number of hydrogen-bond donors (Lipinski definition) is 1. The topological polar surface area (TPSA) is 70.1 Å². The van der Waals surface area contributed by atoms with Gasteiger partial charge in [-0.15, -0.1) is 0 Å². The van der Waals surface area contributed by atoms with Gasteiger partial charge < -0.3 is 19.6 Å². The quantitative estimate of drug-likeness (QED) is 0.880. The molecule has 0 aromatic heterocycles. The molecular formula is C21H24N2O4. The van der Waals surface area contributed by atoms with Gasteiger partial charge in [0, 0.05) is 31.7 Å². The maximum Gasteiger partial charge on any atom is 0.253 e. The van der Waals surface area contributed by atoms with E-state index >= 15 is 0 Å². The van der Waals surface area contributed by atoms with Crippen LogP contribution in [0.2, 0.25) is 0 Å². The minimum atomic E-state index is -0.00661. The molecule has 0 atom stereocenters. The Hall–Kier alpha value is -3.02. The van der Waals surface area contributed by atoms with Gasteiger partial charge in [0.15, 0.2) is 11.5 Å². The van der Waals surface area contributed by atoms with E-state index in [1.807, 2.05) is 31.2 Å². The van der Waals surface area contributed by atoms with Crippen LogP contribution in [0.15, 0.2) is 48.5 Å². The Morgan fingerprint density at radius 3 is 2.26 bits per heavy atom. The largest absolute Gasteiger partial charge is 0.504 e. The number of hydrogen-bond acceptors (Lipinski definition) is 4. The standard InChI is InChI=1S/C21H24N2O4/c1-16-6-8-17(9-7-16)21(26)23-13-11-22(12-14-23)20(25)10-15-27-19-5-3-2-4-18(19)24/h2-9,24H,10-15H2,1H3. The van der Waals surface area contributed by atoms with E-state index in [2.05, 4.69) is 0 Å². The summed E-state index contributed by atoms with van der Waals surface area (Å²) >= 11 is 0. The zero-order chi connectivity index (χ0) is 19.2. The van der Waals surface area contributed by atoms with Gasteiger partial charge in [-0.1, -0.05) is 29.8 Å². The van der Waals surface area contributed by atoms with Gasteiger partial charge in [0.2, 0.25) is 5.91 Å². The smallest absolute Gasteiger partial charge is 0.253 e. The highest BCUT2D eigenvalue weighted by Gasteiger charge is 2.24. The molecule has 0 bridgehead atoms. The molecule has 0 aliphatic carbocycles. The van der Waals surface area contributed by atoms with Crippen LogP contribution >= 0.6 is 0 Å². The molecule has 2 aromatic rings. The summed E-state index contributed by atoms with van der Waals surface area (Å²) in [4.78, 5) is 28.4. The Morgan fingerprint density at radius 1 is 0.963 bits per heavy atom. The van der Waals surface area contributed by atoms with Crippen molar-refractivity contribution in [3.63, 3.8) is 0 Å². The molecule has 2 aromatic carbocycles. The molecule has 2 amide bonds. The van der Waals surface area contributed by atoms with Gasteiger partial charge in [0.1, 0.15) is 0 Å². The second-order valence-electron chi connectivity index (χ2n) is 6.61. The van der Waals surface area contributed by atoms with Gasteiger partial charge in [0.25, 0.3) is 5.91 Å². The third-order valence-corrected chi connectivity index (χ3v) is 4.66. The van der Waals surface area contributed by atoms with E-state index in [1.165, 1.54) is 0 Å². The molecule has 142 valence electrons. The van der Waals surface area contributed by atoms with Gasteiger partial charge in [-0.25, -0.2) is 0 Å². The van der Waals surface area contributed by atoms with Crippen LogP contribution in [0.25, 0.3) is 0 Å². The molecule has 0 spiro atoms. The fourth-order valence-electron chi connectivity index (χ4n) is 3.02. The van der Waals surface area contributed by atoms with E-state index in [0.717, 1.165) is 5.56 Å². The first-order valence-electron chi connectivity index (χ1n) is 9.09. The first kappa shape index (κ1) is 18.8. The predicted octanol–water partition coefficient (Wildman–Crippen LogP) is 2.45. The van der Waals surface area contributed by atoms with Gasteiger partial charge in [-0.05, 0) is 31.2 Å². The molecule has 3 rings (SSSR count). The van der Waals surface area contributed by atoms with Crippen molar-refractivity contribution in [3.05, 3.63) is 59.7 Å². The Balaban J connectivity index is 1.44. The number of aryl methyl sites for hydroxylation is 1. The van der Waals surface area contributed by atoms with Crippen LogP contribution in [0.4, 0.5) is 0 Å². The molecule has 1 saturated heterocycles. The number of carbonyl (C=O) groups is 2. The van der Waals surface area contributed by atoms with Crippen LogP contribution < -0.4 is 4.74 Å². The highest BCUT2D eigenvalue weighted by Crippen LogP contribution is 2.24. The second-order valence-corrected chi connectivity index (χ2v) is 6.61. The lowest BCUT2D eigenvalue weighted by atomic mass is 10.1. The van der Waals surface area contributed by atoms with E-state index in [4.69, 9.17) is 4.74 Å². The fourth-order valence-corrected chi connectivity index (χ4v) is 3.02. The molecule has 27 heavy (non-hydrogen) atoms. The van der Waals surface area contributed by atoms with Crippen molar-refractivity contribution in [1.29, 1.82) is 0 Å². The molecule has 0 saturated carbocycles. The molecule has 1 aliphatic rings. The zero-order valence-electron chi connectivity index (χ0n) is 15.4. The first-order chi connectivity index (χ1) is 13.0. The highest BCUT2D eigenvalue weighted by molar-refractivity contribution is 5.94. The van der Waals surface area contributed by atoms with Gasteiger partial charge >= 0.3 is 0 Å². The fraction of sp³-hybridized carbons (Fsp3) is 0.333. The number of amides is 2.